The summed E-state index contributed by atoms with van der Waals surface area (Å²) in [6.07, 6.45) is -1.83. The minimum absolute atomic E-state index is 0.0718. The lowest BCUT2D eigenvalue weighted by atomic mass is 10.3. The van der Waals surface area contributed by atoms with Crippen molar-refractivity contribution in [2.45, 2.75) is 6.18 Å². The van der Waals surface area contributed by atoms with Crippen LogP contribution >= 0.6 is 22.6 Å². The van der Waals surface area contributed by atoms with Crippen LogP contribution in [0.5, 0.6) is 11.6 Å². The average Bonchev–Trinajstić information content (AvgIpc) is 2.84. The fraction of sp³-hybridized carbons (Fsp3) is 0.0769. The highest BCUT2D eigenvalue weighted by molar-refractivity contribution is 14.1. The van der Waals surface area contributed by atoms with Gasteiger partial charge in [0.05, 0.1) is 0 Å². The fourth-order valence-corrected chi connectivity index (χ4v) is 2.27. The van der Waals surface area contributed by atoms with Crippen molar-refractivity contribution >= 4 is 28.1 Å². The Balaban J connectivity index is 2.04. The highest BCUT2D eigenvalue weighted by Gasteiger charge is 2.34. The summed E-state index contributed by atoms with van der Waals surface area (Å²) in [6, 6.07) is 8.04. The third-order valence-electron chi connectivity index (χ3n) is 2.66. The molecule has 0 saturated heterocycles. The van der Waals surface area contributed by atoms with E-state index in [0.717, 1.165) is 14.2 Å². The molecule has 0 aliphatic heterocycles. The molecular formula is C13H7F3IN3O. The maximum atomic E-state index is 12.7. The molecular weight excluding hydrogens is 398 g/mol. The van der Waals surface area contributed by atoms with Gasteiger partial charge in [-0.2, -0.15) is 18.3 Å². The molecule has 0 unspecified atom stereocenters. The minimum atomic E-state index is -4.51. The van der Waals surface area contributed by atoms with Crippen molar-refractivity contribution in [1.29, 1.82) is 0 Å². The molecule has 21 heavy (non-hydrogen) atoms. The zero-order valence-electron chi connectivity index (χ0n) is 10.3. The summed E-state index contributed by atoms with van der Waals surface area (Å²) in [7, 11) is 0. The van der Waals surface area contributed by atoms with E-state index in [4.69, 9.17) is 4.74 Å². The van der Waals surface area contributed by atoms with Gasteiger partial charge in [-0.1, -0.05) is 6.07 Å². The van der Waals surface area contributed by atoms with Crippen molar-refractivity contribution < 1.29 is 17.9 Å². The van der Waals surface area contributed by atoms with Gasteiger partial charge in [-0.05, 0) is 40.8 Å². The number of fused-ring (bicyclic) bond motifs is 1. The molecule has 0 amide bonds. The van der Waals surface area contributed by atoms with Crippen molar-refractivity contribution in [3.63, 3.8) is 0 Å². The number of ether oxygens (including phenoxy) is 1. The SMILES string of the molecule is FC(F)(F)c1cc2c(Oc3cccc(I)c3)nccn2n1. The Morgan fingerprint density at radius 2 is 2.00 bits per heavy atom. The molecule has 0 saturated carbocycles. The lowest BCUT2D eigenvalue weighted by Crippen LogP contribution is -2.05. The zero-order chi connectivity index (χ0) is 15.0. The fourth-order valence-electron chi connectivity index (χ4n) is 1.76. The number of aromatic nitrogens is 3. The van der Waals surface area contributed by atoms with E-state index in [0.29, 0.717) is 5.75 Å². The second kappa shape index (κ2) is 5.17. The summed E-state index contributed by atoms with van der Waals surface area (Å²) in [4.78, 5) is 3.97. The summed E-state index contributed by atoms with van der Waals surface area (Å²) in [5, 5.41) is 3.47. The molecule has 0 atom stereocenters. The van der Waals surface area contributed by atoms with Crippen molar-refractivity contribution in [3.05, 3.63) is 52.0 Å². The molecule has 0 radical (unpaired) electrons. The monoisotopic (exact) mass is 405 g/mol. The predicted octanol–water partition coefficient (Wildman–Crippen LogP) is 4.15. The first kappa shape index (κ1) is 14.1. The summed E-state index contributed by atoms with van der Waals surface area (Å²) >= 11 is 2.11. The Hall–Kier alpha value is -1.84. The van der Waals surface area contributed by atoms with E-state index in [1.807, 2.05) is 6.07 Å². The van der Waals surface area contributed by atoms with Crippen LogP contribution in [0.4, 0.5) is 13.2 Å². The van der Waals surface area contributed by atoms with E-state index in [9.17, 15) is 13.2 Å². The Morgan fingerprint density at radius 3 is 2.71 bits per heavy atom. The standard InChI is InChI=1S/C13H7F3IN3O/c14-13(15,16)11-7-10-12(18-4-5-20(10)19-11)21-9-3-1-2-8(17)6-9/h1-7H. The Morgan fingerprint density at radius 1 is 1.19 bits per heavy atom. The van der Waals surface area contributed by atoms with Crippen LogP contribution in [0.2, 0.25) is 0 Å². The van der Waals surface area contributed by atoms with E-state index in [2.05, 4.69) is 32.7 Å². The normalized spacial score (nSPS) is 11.8. The van der Waals surface area contributed by atoms with E-state index in [1.54, 1.807) is 18.2 Å². The van der Waals surface area contributed by atoms with E-state index >= 15 is 0 Å². The largest absolute Gasteiger partial charge is 0.437 e. The molecule has 0 spiro atoms. The minimum Gasteiger partial charge on any atom is -0.437 e. The number of hydrogen-bond donors (Lipinski definition) is 0. The quantitative estimate of drug-likeness (QED) is 0.602. The first-order valence-electron chi connectivity index (χ1n) is 5.78. The molecule has 108 valence electrons. The van der Waals surface area contributed by atoms with Gasteiger partial charge in [0.2, 0.25) is 5.88 Å². The van der Waals surface area contributed by atoms with Gasteiger partial charge in [0.25, 0.3) is 0 Å². The van der Waals surface area contributed by atoms with Gasteiger partial charge >= 0.3 is 6.18 Å². The van der Waals surface area contributed by atoms with Crippen LogP contribution < -0.4 is 4.74 Å². The van der Waals surface area contributed by atoms with Gasteiger partial charge in [-0.25, -0.2) is 9.50 Å². The summed E-state index contributed by atoms with van der Waals surface area (Å²) < 4.78 is 45.7. The van der Waals surface area contributed by atoms with E-state index in [-0.39, 0.29) is 11.4 Å². The van der Waals surface area contributed by atoms with Crippen molar-refractivity contribution in [2.75, 3.05) is 0 Å². The van der Waals surface area contributed by atoms with Gasteiger partial charge in [-0.3, -0.25) is 0 Å². The molecule has 4 nitrogen and oxygen atoms in total. The van der Waals surface area contributed by atoms with Crippen molar-refractivity contribution in [2.24, 2.45) is 0 Å². The number of benzene rings is 1. The number of alkyl halides is 3. The highest BCUT2D eigenvalue weighted by atomic mass is 127. The summed E-state index contributed by atoms with van der Waals surface area (Å²) in [5.41, 5.74) is -0.827. The smallest absolute Gasteiger partial charge is 0.435 e. The molecule has 2 aromatic heterocycles. The van der Waals surface area contributed by atoms with E-state index in [1.165, 1.54) is 12.4 Å². The van der Waals surface area contributed by atoms with Crippen molar-refractivity contribution in [1.82, 2.24) is 14.6 Å². The second-order valence-corrected chi connectivity index (χ2v) is 5.39. The van der Waals surface area contributed by atoms with Gasteiger partial charge in [-0.15, -0.1) is 0 Å². The van der Waals surface area contributed by atoms with Crippen LogP contribution in [0, 0.1) is 3.57 Å². The van der Waals surface area contributed by atoms with Gasteiger partial charge in [0, 0.05) is 22.0 Å². The molecule has 8 heteroatoms. The molecule has 0 N–H and O–H groups in total. The van der Waals surface area contributed by atoms with Crippen LogP contribution in [0.1, 0.15) is 5.69 Å². The van der Waals surface area contributed by atoms with Crippen LogP contribution in [0.25, 0.3) is 5.52 Å². The molecule has 2 heterocycles. The number of hydrogen-bond acceptors (Lipinski definition) is 3. The number of rotatable bonds is 2. The topological polar surface area (TPSA) is 39.4 Å². The summed E-state index contributed by atoms with van der Waals surface area (Å²) in [5.74, 6) is 0.569. The molecule has 0 aliphatic carbocycles. The van der Waals surface area contributed by atoms with Crippen LogP contribution in [-0.4, -0.2) is 14.6 Å². The van der Waals surface area contributed by atoms with Gasteiger partial charge < -0.3 is 4.74 Å². The second-order valence-electron chi connectivity index (χ2n) is 4.15. The lowest BCUT2D eigenvalue weighted by molar-refractivity contribution is -0.141. The molecule has 1 aromatic carbocycles. The first-order chi connectivity index (χ1) is 9.93. The van der Waals surface area contributed by atoms with E-state index < -0.39 is 11.9 Å². The Bertz CT molecular complexity index is 801. The maximum absolute atomic E-state index is 12.7. The van der Waals surface area contributed by atoms with Crippen LogP contribution in [0.3, 0.4) is 0 Å². The van der Waals surface area contributed by atoms with Crippen molar-refractivity contribution in [3.8, 4) is 11.6 Å². The first-order valence-corrected chi connectivity index (χ1v) is 6.86. The van der Waals surface area contributed by atoms with Gasteiger partial charge in [0.15, 0.2) is 5.69 Å². The van der Waals surface area contributed by atoms with Gasteiger partial charge in [0.1, 0.15) is 11.3 Å². The third-order valence-corrected chi connectivity index (χ3v) is 3.33. The third kappa shape index (κ3) is 2.94. The lowest BCUT2D eigenvalue weighted by Gasteiger charge is -2.05. The molecule has 0 aliphatic rings. The zero-order valence-corrected chi connectivity index (χ0v) is 12.5. The Kier molecular flexibility index (Phi) is 3.47. The molecule has 3 rings (SSSR count). The van der Waals surface area contributed by atoms with Crippen LogP contribution in [0.15, 0.2) is 42.7 Å². The molecule has 0 fully saturated rings. The average molecular weight is 405 g/mol. The number of halogens is 4. The predicted molar refractivity (Wildman–Crippen MR) is 77.2 cm³/mol. The van der Waals surface area contributed by atoms with Crippen LogP contribution in [-0.2, 0) is 6.18 Å². The maximum Gasteiger partial charge on any atom is 0.435 e. The number of nitrogens with zero attached hydrogens (tertiary/aromatic N) is 3. The Labute approximate surface area is 130 Å². The summed E-state index contributed by atoms with van der Waals surface area (Å²) in [6.45, 7) is 0. The molecule has 3 aromatic rings. The molecule has 0 bridgehead atoms. The highest BCUT2D eigenvalue weighted by Crippen LogP contribution is 2.31.